The summed E-state index contributed by atoms with van der Waals surface area (Å²) in [7, 11) is -4.25. The first-order valence-corrected chi connectivity index (χ1v) is 8.83. The van der Waals surface area contributed by atoms with Gasteiger partial charge in [-0.15, -0.1) is 0 Å². The quantitative estimate of drug-likeness (QED) is 0.643. The van der Waals surface area contributed by atoms with E-state index in [1.807, 2.05) is 4.72 Å². The minimum Gasteiger partial charge on any atom is -0.480 e. The van der Waals surface area contributed by atoms with Crippen molar-refractivity contribution in [1.82, 2.24) is 10.0 Å². The molecule has 3 N–H and O–H groups in total. The highest BCUT2D eigenvalue weighted by Crippen LogP contribution is 2.13. The van der Waals surface area contributed by atoms with Crippen molar-refractivity contribution in [2.45, 2.75) is 44.2 Å². The van der Waals surface area contributed by atoms with Crippen molar-refractivity contribution in [3.05, 3.63) is 30.1 Å². The van der Waals surface area contributed by atoms with Crippen LogP contribution >= 0.6 is 0 Å². The normalized spacial score (nSPS) is 14.2. The van der Waals surface area contributed by atoms with Gasteiger partial charge in [-0.25, -0.2) is 17.6 Å². The van der Waals surface area contributed by atoms with E-state index in [4.69, 9.17) is 5.11 Å². The van der Waals surface area contributed by atoms with Crippen molar-refractivity contribution >= 4 is 21.9 Å². The molecule has 0 radical (unpaired) electrons. The van der Waals surface area contributed by atoms with Gasteiger partial charge >= 0.3 is 5.97 Å². The Morgan fingerprint density at radius 2 is 1.79 bits per heavy atom. The summed E-state index contributed by atoms with van der Waals surface area (Å²) < 4.78 is 39.9. The SMILES string of the molecule is CC(C)C[C@H](NC(=O)C(C)NS(=O)(=O)c1ccccc1F)C(=O)O. The third-order valence-electron chi connectivity index (χ3n) is 3.17. The summed E-state index contributed by atoms with van der Waals surface area (Å²) in [5, 5.41) is 11.4. The number of carbonyl (C=O) groups excluding carboxylic acids is 1. The largest absolute Gasteiger partial charge is 0.480 e. The number of hydrogen-bond acceptors (Lipinski definition) is 4. The molecule has 0 aliphatic carbocycles. The van der Waals surface area contributed by atoms with Crippen LogP contribution in [0.1, 0.15) is 27.2 Å². The van der Waals surface area contributed by atoms with Crippen molar-refractivity contribution in [1.29, 1.82) is 0 Å². The molecule has 134 valence electrons. The molecule has 2 atom stereocenters. The molecule has 1 rings (SSSR count). The first-order chi connectivity index (χ1) is 11.0. The number of benzene rings is 1. The minimum absolute atomic E-state index is 0.0248. The maximum absolute atomic E-state index is 13.6. The van der Waals surface area contributed by atoms with Gasteiger partial charge in [-0.3, -0.25) is 4.79 Å². The highest BCUT2D eigenvalue weighted by molar-refractivity contribution is 7.89. The Bertz CT molecular complexity index is 706. The van der Waals surface area contributed by atoms with Gasteiger partial charge in [0.05, 0.1) is 6.04 Å². The molecule has 1 aromatic carbocycles. The van der Waals surface area contributed by atoms with Crippen LogP contribution in [0.15, 0.2) is 29.2 Å². The van der Waals surface area contributed by atoms with Gasteiger partial charge in [0.2, 0.25) is 15.9 Å². The second-order valence-electron chi connectivity index (χ2n) is 5.80. The molecule has 0 heterocycles. The summed E-state index contributed by atoms with van der Waals surface area (Å²) in [6.45, 7) is 4.85. The number of nitrogens with one attached hydrogen (secondary N) is 2. The minimum atomic E-state index is -4.25. The van der Waals surface area contributed by atoms with Crippen LogP contribution in [0.4, 0.5) is 4.39 Å². The third-order valence-corrected chi connectivity index (χ3v) is 4.75. The smallest absolute Gasteiger partial charge is 0.326 e. The molecule has 0 saturated carbocycles. The maximum atomic E-state index is 13.6. The zero-order valence-electron chi connectivity index (χ0n) is 13.6. The fraction of sp³-hybridized carbons (Fsp3) is 0.467. The van der Waals surface area contributed by atoms with E-state index in [-0.39, 0.29) is 12.3 Å². The summed E-state index contributed by atoms with van der Waals surface area (Å²) >= 11 is 0. The number of rotatable bonds is 8. The van der Waals surface area contributed by atoms with E-state index in [2.05, 4.69) is 5.32 Å². The lowest BCUT2D eigenvalue weighted by molar-refractivity contribution is -0.142. The summed E-state index contributed by atoms with van der Waals surface area (Å²) in [5.41, 5.74) is 0. The standard InChI is InChI=1S/C15H21FN2O5S/c1-9(2)8-12(15(20)21)17-14(19)10(3)18-24(22,23)13-7-5-4-6-11(13)16/h4-7,9-10,12,18H,8H2,1-3H3,(H,17,19)(H,20,21)/t10?,12-/m0/s1. The zero-order valence-corrected chi connectivity index (χ0v) is 14.4. The molecule has 9 heteroatoms. The predicted octanol–water partition coefficient (Wildman–Crippen LogP) is 1.11. The number of sulfonamides is 1. The van der Waals surface area contributed by atoms with E-state index in [0.29, 0.717) is 0 Å². The van der Waals surface area contributed by atoms with Crippen LogP contribution in [0.5, 0.6) is 0 Å². The molecule has 7 nitrogen and oxygen atoms in total. The monoisotopic (exact) mass is 360 g/mol. The molecule has 24 heavy (non-hydrogen) atoms. The van der Waals surface area contributed by atoms with Gasteiger partial charge in [0.15, 0.2) is 0 Å². The van der Waals surface area contributed by atoms with Crippen molar-refractivity contribution in [2.24, 2.45) is 5.92 Å². The van der Waals surface area contributed by atoms with Crippen LogP contribution in [0.3, 0.4) is 0 Å². The number of carboxylic acids is 1. The summed E-state index contributed by atoms with van der Waals surface area (Å²) in [4.78, 5) is 22.6. The molecule has 0 aromatic heterocycles. The van der Waals surface area contributed by atoms with E-state index < -0.39 is 44.7 Å². The number of carboxylic acid groups (broad SMARTS) is 1. The number of halogens is 1. The Hall–Kier alpha value is -2.00. The van der Waals surface area contributed by atoms with E-state index in [1.54, 1.807) is 13.8 Å². The van der Waals surface area contributed by atoms with Gasteiger partial charge in [-0.1, -0.05) is 26.0 Å². The van der Waals surface area contributed by atoms with Crippen LogP contribution in [-0.2, 0) is 19.6 Å². The second kappa shape index (κ2) is 8.20. The fourth-order valence-electron chi connectivity index (χ4n) is 2.00. The summed E-state index contributed by atoms with van der Waals surface area (Å²) in [5.74, 6) is -2.93. The Morgan fingerprint density at radius 1 is 1.21 bits per heavy atom. The van der Waals surface area contributed by atoms with Crippen LogP contribution < -0.4 is 10.0 Å². The molecule has 0 fully saturated rings. The van der Waals surface area contributed by atoms with Crippen LogP contribution in [0.2, 0.25) is 0 Å². The molecular weight excluding hydrogens is 339 g/mol. The van der Waals surface area contributed by atoms with Crippen LogP contribution in [0.25, 0.3) is 0 Å². The molecule has 1 unspecified atom stereocenters. The topological polar surface area (TPSA) is 113 Å². The van der Waals surface area contributed by atoms with Gasteiger partial charge in [0.25, 0.3) is 0 Å². The molecule has 0 bridgehead atoms. The molecule has 0 aliphatic heterocycles. The van der Waals surface area contributed by atoms with Gasteiger partial charge in [0, 0.05) is 0 Å². The fourth-order valence-corrected chi connectivity index (χ4v) is 3.28. The van der Waals surface area contributed by atoms with E-state index in [1.165, 1.54) is 19.1 Å². The predicted molar refractivity (Wildman–Crippen MR) is 85.2 cm³/mol. The number of amides is 1. The molecule has 1 aromatic rings. The lowest BCUT2D eigenvalue weighted by Gasteiger charge is -2.20. The molecular formula is C15H21FN2O5S. The third kappa shape index (κ3) is 5.57. The first-order valence-electron chi connectivity index (χ1n) is 7.34. The van der Waals surface area contributed by atoms with Gasteiger partial charge in [-0.05, 0) is 31.4 Å². The molecule has 1 amide bonds. The van der Waals surface area contributed by atoms with E-state index >= 15 is 0 Å². The molecule has 0 spiro atoms. The summed E-state index contributed by atoms with van der Waals surface area (Å²) in [6, 6.07) is 2.37. The van der Waals surface area contributed by atoms with Crippen molar-refractivity contribution in [2.75, 3.05) is 0 Å². The van der Waals surface area contributed by atoms with Crippen molar-refractivity contribution < 1.29 is 27.5 Å². The van der Waals surface area contributed by atoms with Gasteiger partial charge < -0.3 is 10.4 Å². The first kappa shape index (κ1) is 20.0. The maximum Gasteiger partial charge on any atom is 0.326 e. The number of carbonyl (C=O) groups is 2. The van der Waals surface area contributed by atoms with Crippen molar-refractivity contribution in [3.8, 4) is 0 Å². The van der Waals surface area contributed by atoms with E-state index in [9.17, 15) is 22.4 Å². The zero-order chi connectivity index (χ0) is 18.5. The Kier molecular flexibility index (Phi) is 6.85. The van der Waals surface area contributed by atoms with E-state index in [0.717, 1.165) is 12.1 Å². The van der Waals surface area contributed by atoms with Crippen LogP contribution in [0, 0.1) is 11.7 Å². The molecule has 0 saturated heterocycles. The molecule has 0 aliphatic rings. The Morgan fingerprint density at radius 3 is 2.29 bits per heavy atom. The number of hydrogen-bond donors (Lipinski definition) is 3. The summed E-state index contributed by atoms with van der Waals surface area (Å²) in [6.07, 6.45) is 0.202. The average Bonchev–Trinajstić information content (AvgIpc) is 2.45. The van der Waals surface area contributed by atoms with Gasteiger partial charge in [-0.2, -0.15) is 4.72 Å². The van der Waals surface area contributed by atoms with Crippen LogP contribution in [-0.4, -0.2) is 37.5 Å². The second-order valence-corrected chi connectivity index (χ2v) is 7.48. The Labute approximate surface area is 140 Å². The highest BCUT2D eigenvalue weighted by atomic mass is 32.2. The average molecular weight is 360 g/mol. The van der Waals surface area contributed by atoms with Crippen molar-refractivity contribution in [3.63, 3.8) is 0 Å². The number of aliphatic carboxylic acids is 1. The Balaban J connectivity index is 2.83. The highest BCUT2D eigenvalue weighted by Gasteiger charge is 2.28. The lowest BCUT2D eigenvalue weighted by atomic mass is 10.0. The van der Waals surface area contributed by atoms with Gasteiger partial charge in [0.1, 0.15) is 16.8 Å². The lowest BCUT2D eigenvalue weighted by Crippen LogP contribution is -2.50.